The monoisotopic (exact) mass is 527 g/mol. The van der Waals surface area contributed by atoms with Gasteiger partial charge in [-0.2, -0.15) is 4.98 Å². The van der Waals surface area contributed by atoms with E-state index in [1.165, 1.54) is 11.1 Å². The number of carbonyl (C=O) groups is 1. The van der Waals surface area contributed by atoms with Crippen LogP contribution >= 0.6 is 23.2 Å². The highest BCUT2D eigenvalue weighted by atomic mass is 35.5. The van der Waals surface area contributed by atoms with E-state index in [0.29, 0.717) is 45.7 Å². The van der Waals surface area contributed by atoms with Crippen LogP contribution in [0.3, 0.4) is 0 Å². The third-order valence-corrected chi connectivity index (χ3v) is 6.89. The van der Waals surface area contributed by atoms with Crippen molar-refractivity contribution in [3.05, 3.63) is 64.3 Å². The van der Waals surface area contributed by atoms with Crippen molar-refractivity contribution in [3.63, 3.8) is 0 Å². The lowest BCUT2D eigenvalue weighted by Crippen LogP contribution is -2.52. The highest BCUT2D eigenvalue weighted by Crippen LogP contribution is 2.37. The molecule has 0 saturated carbocycles. The molecule has 11 heteroatoms. The fraction of sp³-hybridized carbons (Fsp3) is 0.320. The Balaban J connectivity index is 1.31. The fourth-order valence-corrected chi connectivity index (χ4v) is 5.14. The third kappa shape index (κ3) is 4.92. The minimum Gasteiger partial charge on any atom is -0.383 e. The second-order valence-corrected chi connectivity index (χ2v) is 9.61. The van der Waals surface area contributed by atoms with Crippen LogP contribution < -0.4 is 25.3 Å². The first-order chi connectivity index (χ1) is 17.4. The molecule has 1 unspecified atom stereocenters. The topological polar surface area (TPSA) is 85.9 Å². The smallest absolute Gasteiger partial charge is 0.265 e. The molecule has 0 bridgehead atoms. The number of hydrogen-bond acceptors (Lipinski definition) is 8. The molecule has 2 aromatic carbocycles. The summed E-state index contributed by atoms with van der Waals surface area (Å²) in [4.78, 5) is 28.0. The van der Waals surface area contributed by atoms with Crippen LogP contribution in [0.1, 0.15) is 10.4 Å². The van der Waals surface area contributed by atoms with Gasteiger partial charge in [0.25, 0.3) is 5.91 Å². The van der Waals surface area contributed by atoms with E-state index in [0.717, 1.165) is 31.0 Å². The Hall–Kier alpha value is -3.11. The normalized spacial score (nSPS) is 17.8. The maximum atomic E-state index is 13.3. The highest BCUT2D eigenvalue weighted by molar-refractivity contribution is 6.40. The molecule has 1 saturated heterocycles. The van der Waals surface area contributed by atoms with Gasteiger partial charge in [-0.15, -0.1) is 0 Å². The largest absolute Gasteiger partial charge is 0.383 e. The molecule has 36 heavy (non-hydrogen) atoms. The van der Waals surface area contributed by atoms with Gasteiger partial charge in [0, 0.05) is 57.4 Å². The summed E-state index contributed by atoms with van der Waals surface area (Å²) in [6.07, 6.45) is 1.53. The fourth-order valence-electron chi connectivity index (χ4n) is 4.54. The van der Waals surface area contributed by atoms with E-state index >= 15 is 0 Å². The molecule has 1 atom stereocenters. The van der Waals surface area contributed by atoms with Crippen molar-refractivity contribution in [1.29, 1.82) is 0 Å². The minimum absolute atomic E-state index is 0.253. The van der Waals surface area contributed by atoms with Gasteiger partial charge in [-0.25, -0.2) is 4.98 Å². The SMILES string of the molecule is COCC1CN(c2ccc(Nc3ncc4c(n3)N(C)CN(c3c(Cl)cccc3Cl)C4=O)cc2)CCN1. The molecule has 188 valence electrons. The number of methoxy groups -OCH3 is 1. The van der Waals surface area contributed by atoms with Gasteiger partial charge in [0.15, 0.2) is 0 Å². The number of rotatable bonds is 6. The summed E-state index contributed by atoms with van der Waals surface area (Å²) in [5, 5.41) is 7.53. The van der Waals surface area contributed by atoms with Crippen molar-refractivity contribution < 1.29 is 9.53 Å². The number of hydrogen-bond donors (Lipinski definition) is 2. The third-order valence-electron chi connectivity index (χ3n) is 6.28. The van der Waals surface area contributed by atoms with Crippen molar-refractivity contribution in [2.45, 2.75) is 6.04 Å². The van der Waals surface area contributed by atoms with Gasteiger partial charge in [-0.1, -0.05) is 29.3 Å². The van der Waals surface area contributed by atoms with E-state index in [1.54, 1.807) is 25.3 Å². The Bertz CT molecular complexity index is 1240. The molecule has 2 N–H and O–H groups in total. The molecule has 3 heterocycles. The van der Waals surface area contributed by atoms with Gasteiger partial charge < -0.3 is 25.2 Å². The number of amides is 1. The van der Waals surface area contributed by atoms with E-state index in [4.69, 9.17) is 27.9 Å². The molecule has 1 amide bonds. The zero-order valence-corrected chi connectivity index (χ0v) is 21.6. The van der Waals surface area contributed by atoms with Crippen LogP contribution in [-0.2, 0) is 4.74 Å². The maximum absolute atomic E-state index is 13.3. The van der Waals surface area contributed by atoms with Crippen LogP contribution in [0, 0.1) is 0 Å². The molecule has 5 rings (SSSR count). The second kappa shape index (κ2) is 10.5. The molecular formula is C25H27Cl2N7O2. The average Bonchev–Trinajstić information content (AvgIpc) is 2.88. The molecular weight excluding hydrogens is 501 g/mol. The Morgan fingerprint density at radius 1 is 1.17 bits per heavy atom. The molecule has 0 radical (unpaired) electrons. The van der Waals surface area contributed by atoms with E-state index in [-0.39, 0.29) is 12.6 Å². The maximum Gasteiger partial charge on any atom is 0.265 e. The van der Waals surface area contributed by atoms with Crippen molar-refractivity contribution in [3.8, 4) is 0 Å². The number of carbonyl (C=O) groups excluding carboxylic acids is 1. The van der Waals surface area contributed by atoms with E-state index < -0.39 is 0 Å². The first-order valence-electron chi connectivity index (χ1n) is 11.6. The summed E-state index contributed by atoms with van der Waals surface area (Å²) in [6, 6.07) is 13.6. The Morgan fingerprint density at radius 2 is 1.92 bits per heavy atom. The van der Waals surface area contributed by atoms with Gasteiger partial charge in [0.2, 0.25) is 5.95 Å². The summed E-state index contributed by atoms with van der Waals surface area (Å²) < 4.78 is 5.29. The number of para-hydroxylation sites is 1. The number of benzene rings is 2. The lowest BCUT2D eigenvalue weighted by Gasteiger charge is -2.35. The number of fused-ring (bicyclic) bond motifs is 1. The molecule has 0 aliphatic carbocycles. The predicted molar refractivity (Wildman–Crippen MR) is 144 cm³/mol. The van der Waals surface area contributed by atoms with Crippen molar-refractivity contribution >= 4 is 57.9 Å². The molecule has 1 aromatic heterocycles. The number of nitrogens with zero attached hydrogens (tertiary/aromatic N) is 5. The molecule has 1 fully saturated rings. The number of anilines is 5. The standard InChI is InChI=1S/C25H27Cl2N7O2/c1-32-15-34(22-20(26)4-3-5-21(22)27)24(35)19-12-29-25(31-23(19)32)30-16-6-8-18(9-7-16)33-11-10-28-17(13-33)14-36-2/h3-9,12,17,28H,10-11,13-15H2,1-2H3,(H,29,30,31). The quantitative estimate of drug-likeness (QED) is 0.497. The molecule has 2 aliphatic heterocycles. The Morgan fingerprint density at radius 3 is 2.64 bits per heavy atom. The van der Waals surface area contributed by atoms with E-state index in [1.807, 2.05) is 24.1 Å². The summed E-state index contributed by atoms with van der Waals surface area (Å²) in [5.74, 6) is 0.697. The molecule has 3 aromatic rings. The highest BCUT2D eigenvalue weighted by Gasteiger charge is 2.32. The first-order valence-corrected chi connectivity index (χ1v) is 12.4. The lowest BCUT2D eigenvalue weighted by molar-refractivity contribution is 0.0982. The molecule has 9 nitrogen and oxygen atoms in total. The van der Waals surface area contributed by atoms with Crippen molar-refractivity contribution in [2.75, 3.05) is 67.1 Å². The van der Waals surface area contributed by atoms with Crippen molar-refractivity contribution in [2.24, 2.45) is 0 Å². The van der Waals surface area contributed by atoms with Gasteiger partial charge in [-0.3, -0.25) is 9.69 Å². The van der Waals surface area contributed by atoms with Crippen LogP contribution in [0.2, 0.25) is 10.0 Å². The summed E-state index contributed by atoms with van der Waals surface area (Å²) in [7, 11) is 3.58. The van der Waals surface area contributed by atoms with Gasteiger partial charge in [-0.05, 0) is 36.4 Å². The summed E-state index contributed by atoms with van der Waals surface area (Å²) >= 11 is 12.7. The first kappa shape index (κ1) is 24.6. The van der Waals surface area contributed by atoms with Crippen LogP contribution in [-0.4, -0.2) is 69.0 Å². The number of ether oxygens (including phenoxy) is 1. The minimum atomic E-state index is -0.253. The zero-order chi connectivity index (χ0) is 25.2. The number of piperazine rings is 1. The van der Waals surface area contributed by atoms with E-state index in [2.05, 4.69) is 37.6 Å². The Kier molecular flexibility index (Phi) is 7.15. The summed E-state index contributed by atoms with van der Waals surface area (Å²) in [5.41, 5.74) is 2.86. The van der Waals surface area contributed by atoms with Crippen LogP contribution in [0.15, 0.2) is 48.7 Å². The van der Waals surface area contributed by atoms with E-state index in [9.17, 15) is 4.79 Å². The lowest BCUT2D eigenvalue weighted by atomic mass is 10.2. The number of halogens is 2. The molecule has 2 aliphatic rings. The Labute approximate surface area is 220 Å². The predicted octanol–water partition coefficient (Wildman–Crippen LogP) is 4.01. The van der Waals surface area contributed by atoms with Crippen LogP contribution in [0.5, 0.6) is 0 Å². The van der Waals surface area contributed by atoms with Crippen LogP contribution in [0.4, 0.5) is 28.8 Å². The second-order valence-electron chi connectivity index (χ2n) is 8.80. The van der Waals surface area contributed by atoms with Gasteiger partial charge in [0.1, 0.15) is 11.4 Å². The van der Waals surface area contributed by atoms with Gasteiger partial charge >= 0.3 is 0 Å². The van der Waals surface area contributed by atoms with Crippen LogP contribution in [0.25, 0.3) is 0 Å². The molecule has 0 spiro atoms. The van der Waals surface area contributed by atoms with Crippen molar-refractivity contribution in [1.82, 2.24) is 15.3 Å². The average molecular weight is 528 g/mol. The number of aromatic nitrogens is 2. The van der Waals surface area contributed by atoms with Gasteiger partial charge in [0.05, 0.1) is 29.0 Å². The number of nitrogens with one attached hydrogen (secondary N) is 2. The zero-order valence-electron chi connectivity index (χ0n) is 20.0. The summed E-state index contributed by atoms with van der Waals surface area (Å²) in [6.45, 7) is 3.70.